The van der Waals surface area contributed by atoms with Crippen LogP contribution in [0.15, 0.2) is 65.3 Å². The molecule has 0 aliphatic rings. The number of aromatic hydroxyl groups is 1. The first kappa shape index (κ1) is 16.8. The van der Waals surface area contributed by atoms with Crippen molar-refractivity contribution in [2.45, 2.75) is 0 Å². The lowest BCUT2D eigenvalue weighted by Crippen LogP contribution is -2.41. The minimum Gasteiger partial charge on any atom is -0.507 e. The smallest absolute Gasteiger partial charge is 0.305 e. The highest BCUT2D eigenvalue weighted by Gasteiger charge is 2.14. The number of furan rings is 1. The fourth-order valence-corrected chi connectivity index (χ4v) is 2.25. The summed E-state index contributed by atoms with van der Waals surface area (Å²) in [6.07, 6.45) is 1.45. The first-order valence-corrected chi connectivity index (χ1v) is 7.56. The van der Waals surface area contributed by atoms with Gasteiger partial charge in [0, 0.05) is 11.1 Å². The van der Waals surface area contributed by atoms with E-state index in [0.29, 0.717) is 0 Å². The molecular formula is C19H13N3O4. The van der Waals surface area contributed by atoms with Crippen LogP contribution in [0.4, 0.5) is 0 Å². The summed E-state index contributed by atoms with van der Waals surface area (Å²) >= 11 is 0. The van der Waals surface area contributed by atoms with Gasteiger partial charge in [-0.3, -0.25) is 20.4 Å². The van der Waals surface area contributed by atoms with Crippen molar-refractivity contribution in [1.29, 1.82) is 5.26 Å². The highest BCUT2D eigenvalue weighted by Crippen LogP contribution is 2.21. The molecule has 0 saturated heterocycles. The van der Waals surface area contributed by atoms with Crippen molar-refractivity contribution in [1.82, 2.24) is 10.9 Å². The molecule has 0 fully saturated rings. The van der Waals surface area contributed by atoms with Gasteiger partial charge in [-0.15, -0.1) is 0 Å². The summed E-state index contributed by atoms with van der Waals surface area (Å²) < 4.78 is 5.23. The first-order valence-electron chi connectivity index (χ1n) is 7.56. The van der Waals surface area contributed by atoms with Gasteiger partial charge in [0.05, 0.1) is 11.8 Å². The van der Waals surface area contributed by atoms with E-state index < -0.39 is 11.8 Å². The van der Waals surface area contributed by atoms with Crippen molar-refractivity contribution in [3.8, 4) is 22.9 Å². The molecule has 3 rings (SSSR count). The fraction of sp³-hybridized carbons (Fsp3) is 0. The quantitative estimate of drug-likeness (QED) is 0.630. The number of nitrogens with zero attached hydrogens (tertiary/aromatic N) is 1. The lowest BCUT2D eigenvalue weighted by molar-refractivity contribution is 0.0831. The lowest BCUT2D eigenvalue weighted by atomic mass is 10.1. The average molecular weight is 347 g/mol. The largest absolute Gasteiger partial charge is 0.507 e. The second-order valence-electron chi connectivity index (χ2n) is 5.32. The summed E-state index contributed by atoms with van der Waals surface area (Å²) in [5, 5.41) is 18.3. The Morgan fingerprint density at radius 3 is 2.42 bits per heavy atom. The van der Waals surface area contributed by atoms with Crippen molar-refractivity contribution >= 4 is 11.8 Å². The second kappa shape index (κ2) is 7.23. The zero-order valence-corrected chi connectivity index (χ0v) is 13.4. The molecule has 0 atom stereocenters. The zero-order valence-electron chi connectivity index (χ0n) is 13.4. The Kier molecular flexibility index (Phi) is 4.67. The van der Waals surface area contributed by atoms with Gasteiger partial charge in [-0.1, -0.05) is 30.3 Å². The van der Waals surface area contributed by atoms with Crippen molar-refractivity contribution in [2.24, 2.45) is 0 Å². The Labute approximate surface area is 148 Å². The van der Waals surface area contributed by atoms with Gasteiger partial charge in [0.15, 0.2) is 5.76 Å². The number of hydrogen-bond donors (Lipinski definition) is 3. The number of phenolic OH excluding ortho intramolecular Hbond substituents is 1. The minimum absolute atomic E-state index is 0.0348. The average Bonchev–Trinajstić information content (AvgIpc) is 3.17. The molecule has 7 heteroatoms. The van der Waals surface area contributed by atoms with E-state index in [1.165, 1.54) is 24.5 Å². The van der Waals surface area contributed by atoms with E-state index in [0.717, 1.165) is 11.1 Å². The van der Waals surface area contributed by atoms with E-state index in [1.54, 1.807) is 12.1 Å². The highest BCUT2D eigenvalue weighted by atomic mass is 16.3. The maximum absolute atomic E-state index is 12.1. The number of carbonyl (C=O) groups excluding carboxylic acids is 2. The van der Waals surface area contributed by atoms with Gasteiger partial charge < -0.3 is 9.52 Å². The fourth-order valence-electron chi connectivity index (χ4n) is 2.25. The predicted octanol–water partition coefficient (Wildman–Crippen LogP) is 2.60. The molecule has 2 aromatic carbocycles. The van der Waals surface area contributed by atoms with Crippen molar-refractivity contribution < 1.29 is 19.1 Å². The maximum atomic E-state index is 12.1. The van der Waals surface area contributed by atoms with Crippen LogP contribution in [0.5, 0.6) is 5.75 Å². The number of carbonyl (C=O) groups is 2. The second-order valence-corrected chi connectivity index (χ2v) is 5.32. The maximum Gasteiger partial charge on any atom is 0.305 e. The summed E-state index contributed by atoms with van der Waals surface area (Å²) in [5.41, 5.74) is 6.17. The minimum atomic E-state index is -0.635. The van der Waals surface area contributed by atoms with Gasteiger partial charge in [-0.2, -0.15) is 5.26 Å². The molecule has 3 N–H and O–H groups in total. The molecule has 0 saturated carbocycles. The van der Waals surface area contributed by atoms with Gasteiger partial charge >= 0.3 is 5.91 Å². The van der Waals surface area contributed by atoms with E-state index in [1.807, 2.05) is 30.3 Å². The number of hydrogen-bond acceptors (Lipinski definition) is 5. The third-order valence-corrected chi connectivity index (χ3v) is 3.60. The Morgan fingerprint density at radius 1 is 0.962 bits per heavy atom. The van der Waals surface area contributed by atoms with Crippen LogP contribution in [-0.4, -0.2) is 16.9 Å². The summed E-state index contributed by atoms with van der Waals surface area (Å²) in [6, 6.07) is 16.5. The Balaban J connectivity index is 1.65. The number of nitriles is 1. The standard InChI is InChI=1S/C19H13N3O4/c20-10-14-8-13(6-7-16(14)23)18(24)21-22-19(25)17-9-15(11-26-17)12-4-2-1-3-5-12/h1-9,11,23H,(H,21,24)(H,22,25). The van der Waals surface area contributed by atoms with Crippen LogP contribution < -0.4 is 10.9 Å². The topological polar surface area (TPSA) is 115 Å². The lowest BCUT2D eigenvalue weighted by Gasteiger charge is -2.06. The van der Waals surface area contributed by atoms with Crippen LogP contribution in [0.1, 0.15) is 26.5 Å². The molecule has 2 amide bonds. The van der Waals surface area contributed by atoms with E-state index >= 15 is 0 Å². The van der Waals surface area contributed by atoms with Crippen LogP contribution in [0.25, 0.3) is 11.1 Å². The van der Waals surface area contributed by atoms with Gasteiger partial charge in [-0.05, 0) is 29.8 Å². The van der Waals surface area contributed by atoms with E-state index in [4.69, 9.17) is 9.68 Å². The molecule has 1 aromatic heterocycles. The summed E-state index contributed by atoms with van der Waals surface area (Å²) in [4.78, 5) is 24.1. The molecule has 3 aromatic rings. The molecule has 0 radical (unpaired) electrons. The van der Waals surface area contributed by atoms with E-state index in [2.05, 4.69) is 10.9 Å². The van der Waals surface area contributed by atoms with Crippen molar-refractivity contribution in [3.63, 3.8) is 0 Å². The van der Waals surface area contributed by atoms with Crippen LogP contribution in [0.2, 0.25) is 0 Å². The summed E-state index contributed by atoms with van der Waals surface area (Å²) in [5.74, 6) is -1.45. The molecule has 128 valence electrons. The molecule has 0 aliphatic heterocycles. The van der Waals surface area contributed by atoms with Gasteiger partial charge in [0.1, 0.15) is 11.8 Å². The Hall–Kier alpha value is -4.05. The molecule has 0 unspecified atom stereocenters. The van der Waals surface area contributed by atoms with E-state index in [-0.39, 0.29) is 22.6 Å². The number of rotatable bonds is 3. The molecule has 0 bridgehead atoms. The molecule has 7 nitrogen and oxygen atoms in total. The number of hydrazine groups is 1. The molecular weight excluding hydrogens is 334 g/mol. The summed E-state index contributed by atoms with van der Waals surface area (Å²) in [6.45, 7) is 0. The summed E-state index contributed by atoms with van der Waals surface area (Å²) in [7, 11) is 0. The zero-order chi connectivity index (χ0) is 18.5. The normalized spacial score (nSPS) is 9.96. The van der Waals surface area contributed by atoms with Crippen LogP contribution in [0, 0.1) is 11.3 Å². The third kappa shape index (κ3) is 3.55. The molecule has 0 aliphatic carbocycles. The third-order valence-electron chi connectivity index (χ3n) is 3.60. The van der Waals surface area contributed by atoms with Gasteiger partial charge in [-0.25, -0.2) is 0 Å². The molecule has 26 heavy (non-hydrogen) atoms. The monoisotopic (exact) mass is 347 g/mol. The highest BCUT2D eigenvalue weighted by molar-refractivity contribution is 5.98. The van der Waals surface area contributed by atoms with E-state index in [9.17, 15) is 14.7 Å². The SMILES string of the molecule is N#Cc1cc(C(=O)NNC(=O)c2cc(-c3ccccc3)co2)ccc1O. The van der Waals surface area contributed by atoms with Crippen molar-refractivity contribution in [2.75, 3.05) is 0 Å². The Morgan fingerprint density at radius 2 is 1.69 bits per heavy atom. The molecule has 0 spiro atoms. The van der Waals surface area contributed by atoms with Gasteiger partial charge in [0.25, 0.3) is 5.91 Å². The van der Waals surface area contributed by atoms with Crippen LogP contribution >= 0.6 is 0 Å². The van der Waals surface area contributed by atoms with Crippen LogP contribution in [-0.2, 0) is 0 Å². The van der Waals surface area contributed by atoms with Gasteiger partial charge in [0.2, 0.25) is 0 Å². The number of benzene rings is 2. The molecule has 1 heterocycles. The predicted molar refractivity (Wildman–Crippen MR) is 91.9 cm³/mol. The number of amides is 2. The Bertz CT molecular complexity index is 1000. The number of phenols is 1. The first-order chi connectivity index (χ1) is 12.6. The van der Waals surface area contributed by atoms with Crippen LogP contribution in [0.3, 0.4) is 0 Å². The number of nitrogens with one attached hydrogen (secondary N) is 2. The van der Waals surface area contributed by atoms with Crippen molar-refractivity contribution in [3.05, 3.63) is 77.7 Å².